The molecular formula is C49H87NO7P+. The van der Waals surface area contributed by atoms with Crippen molar-refractivity contribution in [1.29, 1.82) is 0 Å². The number of nitrogens with zero attached hydrogens (tertiary/aromatic N) is 1. The third-order valence-electron chi connectivity index (χ3n) is 9.19. The second-order valence-corrected chi connectivity index (χ2v) is 17.5. The first kappa shape index (κ1) is 55.7. The molecule has 0 aromatic rings. The fraction of sp³-hybridized carbons (Fsp3) is 0.694. The van der Waals surface area contributed by atoms with Gasteiger partial charge in [-0.3, -0.25) is 13.8 Å². The largest absolute Gasteiger partial charge is 0.472 e. The minimum atomic E-state index is -4.29. The van der Waals surface area contributed by atoms with Crippen LogP contribution in [0.2, 0.25) is 0 Å². The summed E-state index contributed by atoms with van der Waals surface area (Å²) in [5, 5.41) is 0. The first-order chi connectivity index (χ1) is 28.1. The van der Waals surface area contributed by atoms with Gasteiger partial charge in [-0.15, -0.1) is 0 Å². The molecule has 0 aliphatic carbocycles. The van der Waals surface area contributed by atoms with Gasteiger partial charge in [0.1, 0.15) is 19.3 Å². The van der Waals surface area contributed by atoms with E-state index < -0.39 is 13.9 Å². The van der Waals surface area contributed by atoms with E-state index in [9.17, 15) is 14.3 Å². The first-order valence-electron chi connectivity index (χ1n) is 22.8. The van der Waals surface area contributed by atoms with Gasteiger partial charge in [0.15, 0.2) is 0 Å². The van der Waals surface area contributed by atoms with Crippen LogP contribution in [-0.2, 0) is 27.9 Å². The van der Waals surface area contributed by atoms with Crippen LogP contribution in [0.25, 0.3) is 0 Å². The summed E-state index contributed by atoms with van der Waals surface area (Å²) in [6.07, 6.45) is 54.8. The van der Waals surface area contributed by atoms with Crippen molar-refractivity contribution in [2.45, 2.75) is 168 Å². The Balaban J connectivity index is 4.24. The van der Waals surface area contributed by atoms with Crippen molar-refractivity contribution >= 4 is 13.8 Å². The van der Waals surface area contributed by atoms with Gasteiger partial charge >= 0.3 is 13.8 Å². The van der Waals surface area contributed by atoms with Gasteiger partial charge in [0.25, 0.3) is 0 Å². The van der Waals surface area contributed by atoms with E-state index in [1.54, 1.807) is 0 Å². The Morgan fingerprint density at radius 1 is 0.552 bits per heavy atom. The van der Waals surface area contributed by atoms with E-state index in [2.05, 4.69) is 98.9 Å². The number of hydrogen-bond donors (Lipinski definition) is 1. The predicted molar refractivity (Wildman–Crippen MR) is 247 cm³/mol. The average Bonchev–Trinajstić information content (AvgIpc) is 3.18. The van der Waals surface area contributed by atoms with Crippen molar-refractivity contribution in [3.63, 3.8) is 0 Å². The second kappa shape index (κ2) is 41.4. The Labute approximate surface area is 356 Å². The number of unbranched alkanes of at least 4 members (excludes halogenated alkanes) is 13. The Hall–Kier alpha value is -2.32. The quantitative estimate of drug-likeness (QED) is 0.0216. The molecule has 0 saturated heterocycles. The van der Waals surface area contributed by atoms with Crippen LogP contribution in [-0.4, -0.2) is 75.6 Å². The molecule has 0 heterocycles. The van der Waals surface area contributed by atoms with E-state index in [1.807, 2.05) is 21.1 Å². The molecule has 0 amide bonds. The summed E-state index contributed by atoms with van der Waals surface area (Å²) in [4.78, 5) is 22.9. The third-order valence-corrected chi connectivity index (χ3v) is 10.2. The molecule has 2 atom stereocenters. The molecule has 2 unspecified atom stereocenters. The molecule has 0 aliphatic rings. The standard InChI is InChI=1S/C49H86NO7P/c1-6-8-10-12-14-16-18-20-21-22-23-24-25-26-27-28-29-30-31-33-35-37-39-41-44-54-46-48(47-56-58(52,53)55-45-43-50(3,4)5)57-49(51)42-40-38-36-34-32-19-17-15-13-11-9-7-2/h8,10,14-17,20-21,23-24,26-27,29-30,48H,6-7,9,11-13,18-19,22,25,28,31-47H2,1-5H3/p+1/b10-8-,16-14-,17-15-,21-20-,24-23-,27-26-,30-29-. The summed E-state index contributed by atoms with van der Waals surface area (Å²) in [5.41, 5.74) is 0. The zero-order valence-electron chi connectivity index (χ0n) is 37.8. The summed E-state index contributed by atoms with van der Waals surface area (Å²) in [6, 6.07) is 0. The molecule has 1 N–H and O–H groups in total. The number of ether oxygens (including phenoxy) is 2. The Kier molecular flexibility index (Phi) is 39.8. The van der Waals surface area contributed by atoms with E-state index >= 15 is 0 Å². The lowest BCUT2D eigenvalue weighted by molar-refractivity contribution is -0.870. The summed E-state index contributed by atoms with van der Waals surface area (Å²) in [6.45, 7) is 5.40. The maximum atomic E-state index is 12.7. The zero-order chi connectivity index (χ0) is 42.7. The molecule has 58 heavy (non-hydrogen) atoms. The van der Waals surface area contributed by atoms with Crippen molar-refractivity contribution in [2.75, 3.05) is 54.1 Å². The summed E-state index contributed by atoms with van der Waals surface area (Å²) in [5.74, 6) is -0.335. The number of carbonyl (C=O) groups is 1. The molecule has 0 bridgehead atoms. The van der Waals surface area contributed by atoms with Crippen LogP contribution >= 0.6 is 7.82 Å². The molecule has 9 heteroatoms. The van der Waals surface area contributed by atoms with Gasteiger partial charge in [-0.25, -0.2) is 4.57 Å². The number of phosphoric acid groups is 1. The smallest absolute Gasteiger partial charge is 0.457 e. The van der Waals surface area contributed by atoms with Crippen molar-refractivity contribution in [3.8, 4) is 0 Å². The number of hydrogen-bond acceptors (Lipinski definition) is 6. The van der Waals surface area contributed by atoms with Crippen LogP contribution in [0.3, 0.4) is 0 Å². The van der Waals surface area contributed by atoms with Crippen molar-refractivity contribution in [3.05, 3.63) is 85.1 Å². The number of allylic oxidation sites excluding steroid dienone is 14. The van der Waals surface area contributed by atoms with Crippen molar-refractivity contribution < 1.29 is 37.3 Å². The van der Waals surface area contributed by atoms with E-state index in [0.29, 0.717) is 24.1 Å². The fourth-order valence-electron chi connectivity index (χ4n) is 5.67. The Bertz CT molecular complexity index is 1200. The van der Waals surface area contributed by atoms with Crippen LogP contribution in [0.15, 0.2) is 85.1 Å². The predicted octanol–water partition coefficient (Wildman–Crippen LogP) is 13.7. The number of quaternary nitrogens is 1. The highest BCUT2D eigenvalue weighted by atomic mass is 31.2. The zero-order valence-corrected chi connectivity index (χ0v) is 38.6. The molecule has 8 nitrogen and oxygen atoms in total. The van der Waals surface area contributed by atoms with Crippen LogP contribution in [0.1, 0.15) is 162 Å². The average molecular weight is 833 g/mol. The minimum Gasteiger partial charge on any atom is -0.457 e. The number of likely N-dealkylation sites (N-methyl/N-ethyl adjacent to an activating group) is 1. The molecule has 0 aliphatic heterocycles. The van der Waals surface area contributed by atoms with Crippen LogP contribution in [0.5, 0.6) is 0 Å². The van der Waals surface area contributed by atoms with Crippen LogP contribution in [0, 0.1) is 0 Å². The highest BCUT2D eigenvalue weighted by molar-refractivity contribution is 7.47. The molecule has 0 rings (SSSR count). The van der Waals surface area contributed by atoms with Gasteiger partial charge in [-0.05, 0) is 89.9 Å². The van der Waals surface area contributed by atoms with Gasteiger partial charge in [0.2, 0.25) is 0 Å². The number of rotatable bonds is 41. The SMILES string of the molecule is CC/C=C\C/C=C\C/C=C\C/C=C\C/C=C\C/C=C\CCCCCCCOCC(COP(=O)(O)OCC[N+](C)(C)C)OC(=O)CCCCCCC/C=C\CCCCC. The van der Waals surface area contributed by atoms with Crippen LogP contribution in [0.4, 0.5) is 0 Å². The molecule has 0 aromatic heterocycles. The highest BCUT2D eigenvalue weighted by Crippen LogP contribution is 2.43. The Morgan fingerprint density at radius 2 is 1.00 bits per heavy atom. The fourth-order valence-corrected chi connectivity index (χ4v) is 6.41. The number of carbonyl (C=O) groups excluding carboxylic acids is 1. The Morgan fingerprint density at radius 3 is 1.52 bits per heavy atom. The normalized spacial score (nSPS) is 14.5. The first-order valence-corrected chi connectivity index (χ1v) is 24.3. The minimum absolute atomic E-state index is 0.0782. The van der Waals surface area contributed by atoms with Gasteiger partial charge in [-0.2, -0.15) is 0 Å². The van der Waals surface area contributed by atoms with Crippen molar-refractivity contribution in [2.24, 2.45) is 0 Å². The monoisotopic (exact) mass is 833 g/mol. The maximum absolute atomic E-state index is 12.7. The lowest BCUT2D eigenvalue weighted by Crippen LogP contribution is -2.37. The molecule has 0 spiro atoms. The number of phosphoric ester groups is 1. The van der Waals surface area contributed by atoms with E-state index in [1.165, 1.54) is 44.9 Å². The number of esters is 1. The molecule has 0 aromatic carbocycles. The lowest BCUT2D eigenvalue weighted by Gasteiger charge is -2.24. The van der Waals surface area contributed by atoms with Crippen LogP contribution < -0.4 is 0 Å². The van der Waals surface area contributed by atoms with Gasteiger partial charge in [-0.1, -0.05) is 150 Å². The van der Waals surface area contributed by atoms with Crippen molar-refractivity contribution in [1.82, 2.24) is 0 Å². The molecular weight excluding hydrogens is 746 g/mol. The third kappa shape index (κ3) is 44.8. The van der Waals surface area contributed by atoms with Gasteiger partial charge in [0, 0.05) is 13.0 Å². The van der Waals surface area contributed by atoms with E-state index in [4.69, 9.17) is 18.5 Å². The topological polar surface area (TPSA) is 91.3 Å². The molecule has 334 valence electrons. The molecule has 0 fully saturated rings. The molecule has 0 radical (unpaired) electrons. The summed E-state index contributed by atoms with van der Waals surface area (Å²) in [7, 11) is 1.63. The lowest BCUT2D eigenvalue weighted by atomic mass is 10.1. The van der Waals surface area contributed by atoms with Gasteiger partial charge < -0.3 is 18.9 Å². The second-order valence-electron chi connectivity index (χ2n) is 16.0. The van der Waals surface area contributed by atoms with Gasteiger partial charge in [0.05, 0.1) is 34.4 Å². The van der Waals surface area contributed by atoms with E-state index in [0.717, 1.165) is 96.3 Å². The summed E-state index contributed by atoms with van der Waals surface area (Å²) < 4.78 is 35.0. The van der Waals surface area contributed by atoms with E-state index in [-0.39, 0.29) is 25.8 Å². The summed E-state index contributed by atoms with van der Waals surface area (Å²) >= 11 is 0. The highest BCUT2D eigenvalue weighted by Gasteiger charge is 2.26. The maximum Gasteiger partial charge on any atom is 0.472 e. The molecule has 0 saturated carbocycles.